The van der Waals surface area contributed by atoms with Crippen LogP contribution in [0, 0.1) is 13.8 Å². The average Bonchev–Trinajstić information content (AvgIpc) is 2.90. The Hall–Kier alpha value is -4.21. The Balaban J connectivity index is 1.31. The lowest BCUT2D eigenvalue weighted by atomic mass is 9.89. The Kier molecular flexibility index (Phi) is 7.80. The second-order valence-corrected chi connectivity index (χ2v) is 9.29. The first-order chi connectivity index (χ1) is 18.0. The van der Waals surface area contributed by atoms with E-state index in [-0.39, 0.29) is 11.5 Å². The van der Waals surface area contributed by atoms with Gasteiger partial charge in [-0.25, -0.2) is 0 Å². The van der Waals surface area contributed by atoms with E-state index in [2.05, 4.69) is 15.6 Å². The van der Waals surface area contributed by atoms with Crippen LogP contribution in [0.1, 0.15) is 51.5 Å². The van der Waals surface area contributed by atoms with Gasteiger partial charge in [0.15, 0.2) is 0 Å². The van der Waals surface area contributed by atoms with Crippen molar-refractivity contribution in [2.75, 3.05) is 23.7 Å². The lowest BCUT2D eigenvalue weighted by Gasteiger charge is -2.32. The van der Waals surface area contributed by atoms with Gasteiger partial charge in [0, 0.05) is 36.2 Å². The van der Waals surface area contributed by atoms with Crippen LogP contribution in [-0.2, 0) is 15.8 Å². The number of aromatic nitrogens is 1. The molecule has 1 aliphatic heterocycles. The number of aryl methyl sites for hydroxylation is 2. The fourth-order valence-electron chi connectivity index (χ4n) is 4.53. The summed E-state index contributed by atoms with van der Waals surface area (Å²) in [6.07, 6.45) is -2.32. The number of pyridine rings is 1. The van der Waals surface area contributed by atoms with Gasteiger partial charge < -0.3 is 15.5 Å². The van der Waals surface area contributed by atoms with Gasteiger partial charge in [0.1, 0.15) is 5.69 Å². The standard InChI is InChI=1S/C28H27F3N4O3/c1-17-4-3-5-18(2)24(17)34-26(37)25(36)33-22-8-6-19(7-9-22)20-11-14-35(15-12-20)27(38)21-10-13-32-23(16-21)28(29,30)31/h3-10,13,16,20H,11-12,14-15H2,1-2H3,(H,33,36)(H,34,37). The number of benzene rings is 2. The summed E-state index contributed by atoms with van der Waals surface area (Å²) in [6.45, 7) is 4.51. The van der Waals surface area contributed by atoms with Crippen molar-refractivity contribution < 1.29 is 27.6 Å². The zero-order chi connectivity index (χ0) is 27.4. The van der Waals surface area contributed by atoms with E-state index in [9.17, 15) is 27.6 Å². The number of nitrogens with one attached hydrogen (secondary N) is 2. The maximum Gasteiger partial charge on any atom is 0.433 e. The Morgan fingerprint density at radius 2 is 1.50 bits per heavy atom. The topological polar surface area (TPSA) is 91.4 Å². The molecular weight excluding hydrogens is 497 g/mol. The van der Waals surface area contributed by atoms with Crippen LogP contribution >= 0.6 is 0 Å². The Labute approximate surface area is 218 Å². The predicted octanol–water partition coefficient (Wildman–Crippen LogP) is 5.31. The fourth-order valence-corrected chi connectivity index (χ4v) is 4.53. The summed E-state index contributed by atoms with van der Waals surface area (Å²) in [5, 5.41) is 5.25. The van der Waals surface area contributed by atoms with E-state index in [4.69, 9.17) is 0 Å². The van der Waals surface area contributed by atoms with Gasteiger partial charge in [0.05, 0.1) is 0 Å². The van der Waals surface area contributed by atoms with Gasteiger partial charge in [-0.3, -0.25) is 19.4 Å². The third kappa shape index (κ3) is 6.19. The quantitative estimate of drug-likeness (QED) is 0.453. The van der Waals surface area contributed by atoms with Crippen LogP contribution in [0.4, 0.5) is 24.5 Å². The fraction of sp³-hybridized carbons (Fsp3) is 0.286. The number of nitrogens with zero attached hydrogens (tertiary/aromatic N) is 2. The van der Waals surface area contributed by atoms with Crippen LogP contribution in [0.15, 0.2) is 60.8 Å². The van der Waals surface area contributed by atoms with Crippen molar-refractivity contribution in [2.24, 2.45) is 0 Å². The lowest BCUT2D eigenvalue weighted by Crippen LogP contribution is -2.38. The minimum absolute atomic E-state index is 0.0347. The zero-order valence-corrected chi connectivity index (χ0v) is 20.9. The smallest absolute Gasteiger partial charge is 0.339 e. The molecule has 0 aliphatic carbocycles. The molecule has 2 N–H and O–H groups in total. The molecule has 198 valence electrons. The highest BCUT2D eigenvalue weighted by atomic mass is 19.4. The number of alkyl halides is 3. The Morgan fingerprint density at radius 1 is 0.895 bits per heavy atom. The average molecular weight is 525 g/mol. The molecule has 0 bridgehead atoms. The summed E-state index contributed by atoms with van der Waals surface area (Å²) in [7, 11) is 0. The van der Waals surface area contributed by atoms with Crippen molar-refractivity contribution in [1.82, 2.24) is 9.88 Å². The van der Waals surface area contributed by atoms with E-state index in [1.54, 1.807) is 17.0 Å². The van der Waals surface area contributed by atoms with Crippen molar-refractivity contribution in [2.45, 2.75) is 38.8 Å². The van der Waals surface area contributed by atoms with Crippen LogP contribution in [0.5, 0.6) is 0 Å². The second kappa shape index (κ2) is 11.0. The van der Waals surface area contributed by atoms with Crippen molar-refractivity contribution >= 4 is 29.1 Å². The van der Waals surface area contributed by atoms with Crippen LogP contribution in [0.25, 0.3) is 0 Å². The number of hydrogen-bond acceptors (Lipinski definition) is 4. The number of anilines is 2. The molecule has 10 heteroatoms. The number of para-hydroxylation sites is 1. The van der Waals surface area contributed by atoms with E-state index in [1.807, 2.05) is 44.2 Å². The molecule has 0 saturated carbocycles. The molecule has 38 heavy (non-hydrogen) atoms. The first-order valence-corrected chi connectivity index (χ1v) is 12.1. The first kappa shape index (κ1) is 26.8. The molecule has 1 aliphatic rings. The maximum absolute atomic E-state index is 12.9. The van der Waals surface area contributed by atoms with Gasteiger partial charge in [-0.05, 0) is 73.6 Å². The summed E-state index contributed by atoms with van der Waals surface area (Å²) in [6, 6.07) is 14.8. The highest BCUT2D eigenvalue weighted by Gasteiger charge is 2.33. The number of likely N-dealkylation sites (tertiary alicyclic amines) is 1. The predicted molar refractivity (Wildman–Crippen MR) is 137 cm³/mol. The van der Waals surface area contributed by atoms with E-state index in [0.29, 0.717) is 37.3 Å². The molecule has 2 heterocycles. The molecule has 1 aromatic heterocycles. The molecule has 0 atom stereocenters. The molecule has 0 spiro atoms. The summed E-state index contributed by atoms with van der Waals surface area (Å²) in [5.41, 5.74) is 2.68. The number of piperidine rings is 1. The molecule has 4 rings (SSSR count). The maximum atomic E-state index is 12.9. The summed E-state index contributed by atoms with van der Waals surface area (Å²) < 4.78 is 38.8. The zero-order valence-electron chi connectivity index (χ0n) is 20.9. The SMILES string of the molecule is Cc1cccc(C)c1NC(=O)C(=O)Nc1ccc(C2CCN(C(=O)c3ccnc(C(F)(F)F)c3)CC2)cc1. The molecule has 3 amide bonds. The molecule has 0 radical (unpaired) electrons. The van der Waals surface area contributed by atoms with Gasteiger partial charge in [-0.1, -0.05) is 30.3 Å². The van der Waals surface area contributed by atoms with Gasteiger partial charge in [0.2, 0.25) is 0 Å². The van der Waals surface area contributed by atoms with Crippen LogP contribution < -0.4 is 10.6 Å². The highest BCUT2D eigenvalue weighted by molar-refractivity contribution is 6.43. The molecule has 0 unspecified atom stereocenters. The van der Waals surface area contributed by atoms with Gasteiger partial charge in [-0.2, -0.15) is 13.2 Å². The Bertz CT molecular complexity index is 1330. The number of hydrogen-bond donors (Lipinski definition) is 2. The van der Waals surface area contributed by atoms with Gasteiger partial charge in [-0.15, -0.1) is 0 Å². The second-order valence-electron chi connectivity index (χ2n) is 9.29. The first-order valence-electron chi connectivity index (χ1n) is 12.1. The third-order valence-electron chi connectivity index (χ3n) is 6.65. The summed E-state index contributed by atoms with van der Waals surface area (Å²) in [4.78, 5) is 42.4. The normalized spacial score (nSPS) is 14.2. The monoisotopic (exact) mass is 524 g/mol. The molecule has 2 aromatic carbocycles. The van der Waals surface area contributed by atoms with E-state index in [0.717, 1.165) is 29.0 Å². The van der Waals surface area contributed by atoms with Crippen molar-refractivity contribution in [3.05, 3.63) is 88.7 Å². The van der Waals surface area contributed by atoms with Crippen LogP contribution in [-0.4, -0.2) is 40.7 Å². The van der Waals surface area contributed by atoms with Crippen molar-refractivity contribution in [1.29, 1.82) is 0 Å². The number of amides is 3. The van der Waals surface area contributed by atoms with E-state index < -0.39 is 29.6 Å². The largest absolute Gasteiger partial charge is 0.433 e. The van der Waals surface area contributed by atoms with E-state index in [1.165, 1.54) is 6.07 Å². The lowest BCUT2D eigenvalue weighted by molar-refractivity contribution is -0.141. The summed E-state index contributed by atoms with van der Waals surface area (Å²) >= 11 is 0. The number of carbonyl (C=O) groups is 3. The van der Waals surface area contributed by atoms with Crippen molar-refractivity contribution in [3.8, 4) is 0 Å². The van der Waals surface area contributed by atoms with E-state index >= 15 is 0 Å². The molecule has 3 aromatic rings. The molecule has 1 fully saturated rings. The third-order valence-corrected chi connectivity index (χ3v) is 6.65. The summed E-state index contributed by atoms with van der Waals surface area (Å²) in [5.74, 6) is -1.84. The molecule has 7 nitrogen and oxygen atoms in total. The number of halogens is 3. The minimum atomic E-state index is -4.61. The van der Waals surface area contributed by atoms with Crippen molar-refractivity contribution in [3.63, 3.8) is 0 Å². The Morgan fingerprint density at radius 3 is 2.11 bits per heavy atom. The highest BCUT2D eigenvalue weighted by Crippen LogP contribution is 2.31. The van der Waals surface area contributed by atoms with Crippen LogP contribution in [0.2, 0.25) is 0 Å². The number of rotatable bonds is 4. The minimum Gasteiger partial charge on any atom is -0.339 e. The number of carbonyl (C=O) groups excluding carboxylic acids is 3. The van der Waals surface area contributed by atoms with Crippen LogP contribution in [0.3, 0.4) is 0 Å². The molecule has 1 saturated heterocycles. The van der Waals surface area contributed by atoms with Gasteiger partial charge >= 0.3 is 18.0 Å². The molecular formula is C28H27F3N4O3. The van der Waals surface area contributed by atoms with Gasteiger partial charge in [0.25, 0.3) is 5.91 Å².